The fourth-order valence-corrected chi connectivity index (χ4v) is 2.98. The summed E-state index contributed by atoms with van der Waals surface area (Å²) >= 11 is 0. The van der Waals surface area contributed by atoms with E-state index in [2.05, 4.69) is 20.9 Å². The van der Waals surface area contributed by atoms with E-state index < -0.39 is 9.84 Å². The number of rotatable bonds is 10. The number of sulfone groups is 1. The Bertz CT molecular complexity index is 724. The lowest BCUT2D eigenvalue weighted by Crippen LogP contribution is -2.43. The maximum Gasteiger partial charge on any atom is 0.251 e. The van der Waals surface area contributed by atoms with Gasteiger partial charge in [0.15, 0.2) is 5.96 Å². The highest BCUT2D eigenvalue weighted by Crippen LogP contribution is 2.10. The zero-order chi connectivity index (χ0) is 20.3. The third kappa shape index (κ3) is 11.3. The number of amides is 1. The first-order valence-corrected chi connectivity index (χ1v) is 11.0. The summed E-state index contributed by atoms with van der Waals surface area (Å²) < 4.78 is 27.6. The van der Waals surface area contributed by atoms with Crippen molar-refractivity contribution in [1.29, 1.82) is 0 Å². The fourth-order valence-electron chi connectivity index (χ4n) is 2.20. The monoisotopic (exact) mass is 526 g/mol. The molecule has 160 valence electrons. The number of benzene rings is 1. The van der Waals surface area contributed by atoms with Gasteiger partial charge in [0.1, 0.15) is 15.6 Å². The lowest BCUT2D eigenvalue weighted by molar-refractivity contribution is 0.0954. The van der Waals surface area contributed by atoms with Gasteiger partial charge in [-0.05, 0) is 44.5 Å². The van der Waals surface area contributed by atoms with Crippen molar-refractivity contribution in [3.8, 4) is 5.75 Å². The Labute approximate surface area is 184 Å². The molecule has 0 radical (unpaired) electrons. The summed E-state index contributed by atoms with van der Waals surface area (Å²) in [5, 5.41) is 9.09. The number of aliphatic imine (C=N–C) groups is 1. The number of nitrogens with one attached hydrogen (secondary N) is 3. The summed E-state index contributed by atoms with van der Waals surface area (Å²) in [5.41, 5.74) is 0.555. The summed E-state index contributed by atoms with van der Waals surface area (Å²) in [5.74, 6) is 1.24. The summed E-state index contributed by atoms with van der Waals surface area (Å²) in [6, 6.07) is 6.83. The maximum atomic E-state index is 12.1. The molecule has 0 saturated carbocycles. The molecule has 0 aliphatic heterocycles. The van der Waals surface area contributed by atoms with E-state index in [1.165, 1.54) is 6.26 Å². The van der Waals surface area contributed by atoms with Crippen LogP contribution in [-0.4, -0.2) is 65.1 Å². The Morgan fingerprint density at radius 1 is 1.21 bits per heavy atom. The molecule has 1 unspecified atom stereocenters. The molecule has 0 saturated heterocycles. The van der Waals surface area contributed by atoms with Crippen LogP contribution in [0.25, 0.3) is 0 Å². The SMILES string of the molecule is CCNC(=NCCNC(=O)c1ccc(OC)cc1)NC(C)CCS(C)(=O)=O.I. The minimum absolute atomic E-state index is 0. The van der Waals surface area contributed by atoms with Crippen molar-refractivity contribution in [3.63, 3.8) is 0 Å². The van der Waals surface area contributed by atoms with Gasteiger partial charge in [0.05, 0.1) is 19.4 Å². The average Bonchev–Trinajstić information content (AvgIpc) is 2.63. The van der Waals surface area contributed by atoms with Crippen LogP contribution in [0.1, 0.15) is 30.6 Å². The molecule has 0 heterocycles. The molecule has 0 aromatic heterocycles. The van der Waals surface area contributed by atoms with Crippen LogP contribution < -0.4 is 20.7 Å². The number of methoxy groups -OCH3 is 1. The summed E-state index contributed by atoms with van der Waals surface area (Å²) in [6.45, 7) is 5.32. The largest absolute Gasteiger partial charge is 0.497 e. The van der Waals surface area contributed by atoms with E-state index in [1.807, 2.05) is 13.8 Å². The number of halogens is 1. The third-order valence-corrected chi connectivity index (χ3v) is 4.65. The second-order valence-electron chi connectivity index (χ2n) is 6.21. The van der Waals surface area contributed by atoms with E-state index in [1.54, 1.807) is 31.4 Å². The van der Waals surface area contributed by atoms with Gasteiger partial charge >= 0.3 is 0 Å². The van der Waals surface area contributed by atoms with Gasteiger partial charge in [-0.2, -0.15) is 0 Å². The second kappa shape index (κ2) is 13.6. The molecule has 1 amide bonds. The molecule has 1 aromatic rings. The van der Waals surface area contributed by atoms with Gasteiger partial charge in [-0.3, -0.25) is 9.79 Å². The predicted molar refractivity (Wildman–Crippen MR) is 124 cm³/mol. The van der Waals surface area contributed by atoms with Crippen LogP contribution in [0.4, 0.5) is 0 Å². The van der Waals surface area contributed by atoms with E-state index in [0.717, 1.165) is 0 Å². The van der Waals surface area contributed by atoms with Crippen LogP contribution in [-0.2, 0) is 9.84 Å². The standard InChI is InChI=1S/C18H30N4O4S.HI/c1-5-19-18(22-14(2)10-13-27(4,24)25)21-12-11-20-17(23)15-6-8-16(26-3)9-7-15;/h6-9,14H,5,10-13H2,1-4H3,(H,20,23)(H2,19,21,22);1H. The average molecular weight is 526 g/mol. The van der Waals surface area contributed by atoms with Crippen LogP contribution in [0.15, 0.2) is 29.3 Å². The molecule has 28 heavy (non-hydrogen) atoms. The highest BCUT2D eigenvalue weighted by Gasteiger charge is 2.09. The van der Waals surface area contributed by atoms with Crippen LogP contribution in [0.2, 0.25) is 0 Å². The molecule has 3 N–H and O–H groups in total. The van der Waals surface area contributed by atoms with Gasteiger partial charge in [0, 0.05) is 31.0 Å². The van der Waals surface area contributed by atoms with Gasteiger partial charge in [0.2, 0.25) is 0 Å². The van der Waals surface area contributed by atoms with Crippen molar-refractivity contribution in [2.75, 3.05) is 38.8 Å². The van der Waals surface area contributed by atoms with Crippen LogP contribution in [0, 0.1) is 0 Å². The minimum atomic E-state index is -2.98. The van der Waals surface area contributed by atoms with E-state index in [4.69, 9.17) is 4.74 Å². The highest BCUT2D eigenvalue weighted by molar-refractivity contribution is 14.0. The zero-order valence-corrected chi connectivity index (χ0v) is 20.0. The first-order valence-electron chi connectivity index (χ1n) is 8.90. The molecule has 0 bridgehead atoms. The Kier molecular flexibility index (Phi) is 12.8. The summed E-state index contributed by atoms with van der Waals surface area (Å²) in [7, 11) is -1.41. The van der Waals surface area contributed by atoms with Crippen molar-refractivity contribution < 1.29 is 17.9 Å². The first-order chi connectivity index (χ1) is 12.7. The van der Waals surface area contributed by atoms with Crippen molar-refractivity contribution in [3.05, 3.63) is 29.8 Å². The van der Waals surface area contributed by atoms with Gasteiger partial charge in [0.25, 0.3) is 5.91 Å². The molecule has 8 nitrogen and oxygen atoms in total. The van der Waals surface area contributed by atoms with Crippen molar-refractivity contribution in [2.24, 2.45) is 4.99 Å². The van der Waals surface area contributed by atoms with Crippen LogP contribution >= 0.6 is 24.0 Å². The second-order valence-corrected chi connectivity index (χ2v) is 8.47. The molecular formula is C18H31IN4O4S. The Morgan fingerprint density at radius 3 is 2.39 bits per heavy atom. The summed E-state index contributed by atoms with van der Waals surface area (Å²) in [4.78, 5) is 16.5. The molecule has 0 aliphatic rings. The Morgan fingerprint density at radius 2 is 1.86 bits per heavy atom. The number of guanidine groups is 1. The van der Waals surface area contributed by atoms with E-state index in [9.17, 15) is 13.2 Å². The van der Waals surface area contributed by atoms with Gasteiger partial charge < -0.3 is 20.7 Å². The Hall–Kier alpha value is -1.56. The van der Waals surface area contributed by atoms with Crippen LogP contribution in [0.3, 0.4) is 0 Å². The number of nitrogens with zero attached hydrogens (tertiary/aromatic N) is 1. The number of carbonyl (C=O) groups excluding carboxylic acids is 1. The smallest absolute Gasteiger partial charge is 0.251 e. The normalized spacial score (nSPS) is 12.5. The molecule has 1 aromatic carbocycles. The molecular weight excluding hydrogens is 495 g/mol. The van der Waals surface area contributed by atoms with E-state index in [0.29, 0.717) is 43.3 Å². The molecule has 1 atom stereocenters. The molecule has 1 rings (SSSR count). The van der Waals surface area contributed by atoms with Crippen molar-refractivity contribution in [2.45, 2.75) is 26.3 Å². The third-order valence-electron chi connectivity index (χ3n) is 3.67. The molecule has 0 spiro atoms. The molecule has 0 aliphatic carbocycles. The van der Waals surface area contributed by atoms with Gasteiger partial charge in [-0.25, -0.2) is 8.42 Å². The van der Waals surface area contributed by atoms with Gasteiger partial charge in [-0.15, -0.1) is 24.0 Å². The number of hydrogen-bond acceptors (Lipinski definition) is 5. The van der Waals surface area contributed by atoms with Crippen molar-refractivity contribution >= 4 is 45.7 Å². The lowest BCUT2D eigenvalue weighted by Gasteiger charge is -2.17. The Balaban J connectivity index is 0.00000729. The van der Waals surface area contributed by atoms with E-state index >= 15 is 0 Å². The number of ether oxygens (including phenoxy) is 1. The predicted octanol–water partition coefficient (Wildman–Crippen LogP) is 1.42. The quantitative estimate of drug-likeness (QED) is 0.184. The number of carbonyl (C=O) groups is 1. The summed E-state index contributed by atoms with van der Waals surface area (Å²) in [6.07, 6.45) is 1.72. The van der Waals surface area contributed by atoms with Crippen LogP contribution in [0.5, 0.6) is 5.75 Å². The lowest BCUT2D eigenvalue weighted by atomic mass is 10.2. The molecule has 0 fully saturated rings. The molecule has 10 heteroatoms. The zero-order valence-electron chi connectivity index (χ0n) is 16.8. The maximum absolute atomic E-state index is 12.1. The first kappa shape index (κ1) is 26.4. The topological polar surface area (TPSA) is 109 Å². The fraction of sp³-hybridized carbons (Fsp3) is 0.556. The number of hydrogen-bond donors (Lipinski definition) is 3. The van der Waals surface area contributed by atoms with Crippen molar-refractivity contribution in [1.82, 2.24) is 16.0 Å². The van der Waals surface area contributed by atoms with E-state index in [-0.39, 0.29) is 41.7 Å². The highest BCUT2D eigenvalue weighted by atomic mass is 127. The minimum Gasteiger partial charge on any atom is -0.497 e. The van der Waals surface area contributed by atoms with Gasteiger partial charge in [-0.1, -0.05) is 0 Å².